The highest BCUT2D eigenvalue weighted by molar-refractivity contribution is 5.97. The zero-order valence-electron chi connectivity index (χ0n) is 19.0. The van der Waals surface area contributed by atoms with Gasteiger partial charge in [0.2, 0.25) is 5.91 Å². The van der Waals surface area contributed by atoms with Crippen LogP contribution in [0.5, 0.6) is 0 Å². The molecule has 2 aliphatic heterocycles. The van der Waals surface area contributed by atoms with Crippen molar-refractivity contribution in [1.82, 2.24) is 16.0 Å². The fraction of sp³-hybridized carbons (Fsp3) is 0.444. The number of nitriles is 1. The predicted molar refractivity (Wildman–Crippen MR) is 124 cm³/mol. The quantitative estimate of drug-likeness (QED) is 0.642. The first-order chi connectivity index (χ1) is 16.4. The van der Waals surface area contributed by atoms with E-state index in [9.17, 15) is 19.2 Å². The van der Waals surface area contributed by atoms with Crippen LogP contribution in [0.4, 0.5) is 4.39 Å². The summed E-state index contributed by atoms with van der Waals surface area (Å²) in [6.45, 7) is 2.85. The molecular formula is C27H27FN4O2. The maximum Gasteiger partial charge on any atom is 0.251 e. The highest BCUT2D eigenvalue weighted by Crippen LogP contribution is 2.64. The SMILES string of the molecule is CC1C2C1[C@H]1C[C@@H]2N[C@@H]1C(=O)NC(C#N)Cc1ccc(-c2ccc3c(c2)CCNC3=O)cc1F. The summed E-state index contributed by atoms with van der Waals surface area (Å²) >= 11 is 0. The molecule has 3 N–H and O–H groups in total. The van der Waals surface area contributed by atoms with Gasteiger partial charge in [-0.1, -0.05) is 31.2 Å². The van der Waals surface area contributed by atoms with Crippen LogP contribution >= 0.6 is 0 Å². The second-order valence-corrected chi connectivity index (χ2v) is 10.2. The number of benzene rings is 2. The molecule has 2 aromatic rings. The Morgan fingerprint density at radius 2 is 2.03 bits per heavy atom. The number of piperidine rings is 1. The molecule has 3 fully saturated rings. The van der Waals surface area contributed by atoms with Gasteiger partial charge in [0.25, 0.3) is 5.91 Å². The Morgan fingerprint density at radius 1 is 1.24 bits per heavy atom. The van der Waals surface area contributed by atoms with Crippen LogP contribution in [-0.4, -0.2) is 36.5 Å². The third kappa shape index (κ3) is 3.40. The smallest absolute Gasteiger partial charge is 0.251 e. The van der Waals surface area contributed by atoms with Crippen LogP contribution in [0.3, 0.4) is 0 Å². The van der Waals surface area contributed by atoms with E-state index in [2.05, 4.69) is 28.9 Å². The van der Waals surface area contributed by atoms with Crippen LogP contribution in [0.25, 0.3) is 11.1 Å². The number of halogens is 1. The van der Waals surface area contributed by atoms with Gasteiger partial charge in [0, 0.05) is 24.6 Å². The second kappa shape index (κ2) is 7.92. The van der Waals surface area contributed by atoms with Gasteiger partial charge in [-0.25, -0.2) is 4.39 Å². The van der Waals surface area contributed by atoms with Gasteiger partial charge in [0.15, 0.2) is 0 Å². The fourth-order valence-electron chi connectivity index (χ4n) is 6.72. The molecular weight excluding hydrogens is 431 g/mol. The number of fused-ring (bicyclic) bond motifs is 6. The number of rotatable bonds is 5. The molecule has 34 heavy (non-hydrogen) atoms. The van der Waals surface area contributed by atoms with Gasteiger partial charge in [-0.2, -0.15) is 5.26 Å². The van der Waals surface area contributed by atoms with Crippen LogP contribution in [-0.2, 0) is 17.6 Å². The molecule has 2 heterocycles. The van der Waals surface area contributed by atoms with Crippen LogP contribution in [0.1, 0.15) is 34.8 Å². The van der Waals surface area contributed by atoms with Gasteiger partial charge in [0.1, 0.15) is 11.9 Å². The molecule has 4 aliphatic rings. The second-order valence-electron chi connectivity index (χ2n) is 10.2. The zero-order valence-corrected chi connectivity index (χ0v) is 19.0. The zero-order chi connectivity index (χ0) is 23.6. The number of hydrogen-bond donors (Lipinski definition) is 3. The van der Waals surface area contributed by atoms with Crippen LogP contribution in [0, 0.1) is 40.8 Å². The summed E-state index contributed by atoms with van der Waals surface area (Å²) < 4.78 is 15.0. The first-order valence-electron chi connectivity index (χ1n) is 12.1. The lowest BCUT2D eigenvalue weighted by Gasteiger charge is -2.23. The predicted octanol–water partition coefficient (Wildman–Crippen LogP) is 2.57. The Kier molecular flexibility index (Phi) is 4.96. The molecule has 6 rings (SSSR count). The topological polar surface area (TPSA) is 94.0 Å². The van der Waals surface area contributed by atoms with Crippen molar-refractivity contribution in [2.24, 2.45) is 23.7 Å². The minimum Gasteiger partial charge on any atom is -0.352 e. The highest BCUT2D eigenvalue weighted by Gasteiger charge is 2.67. The summed E-state index contributed by atoms with van der Waals surface area (Å²) in [5.41, 5.74) is 3.58. The highest BCUT2D eigenvalue weighted by atomic mass is 19.1. The molecule has 0 spiro atoms. The van der Waals surface area contributed by atoms with Gasteiger partial charge in [0.05, 0.1) is 12.1 Å². The standard InChI is InChI=1S/C27H27FN4O2/c1-13-23-20-11-22(24(13)23)32-25(20)27(34)31-18(12-29)9-17-3-2-15(10-21(17)28)14-4-5-19-16(8-14)6-7-30-26(19)33/h2-5,8,10,13,18,20,22-25,32H,6-7,9,11H2,1H3,(H,30,33)(H,31,34)/t13?,18?,20-,22+,23?,24?,25+/m1/s1. The largest absolute Gasteiger partial charge is 0.352 e. The van der Waals surface area contributed by atoms with Crippen molar-refractivity contribution in [3.05, 3.63) is 58.9 Å². The van der Waals surface area contributed by atoms with Crippen LogP contribution in [0.2, 0.25) is 0 Å². The van der Waals surface area contributed by atoms with Crippen molar-refractivity contribution in [2.45, 2.75) is 44.3 Å². The van der Waals surface area contributed by atoms with Gasteiger partial charge in [-0.15, -0.1) is 0 Å². The maximum absolute atomic E-state index is 15.0. The Bertz CT molecular complexity index is 1240. The molecule has 0 radical (unpaired) electrons. The molecule has 2 saturated carbocycles. The first kappa shape index (κ1) is 21.3. The summed E-state index contributed by atoms with van der Waals surface area (Å²) in [5, 5.41) is 18.7. The molecule has 4 unspecified atom stereocenters. The van der Waals surface area contributed by atoms with E-state index in [-0.39, 0.29) is 24.3 Å². The monoisotopic (exact) mass is 458 g/mol. The van der Waals surface area contributed by atoms with Gasteiger partial charge in [-0.3, -0.25) is 9.59 Å². The third-order valence-electron chi connectivity index (χ3n) is 8.42. The van der Waals surface area contributed by atoms with Crippen molar-refractivity contribution >= 4 is 11.8 Å². The number of carbonyl (C=O) groups is 2. The lowest BCUT2D eigenvalue weighted by Crippen LogP contribution is -2.51. The van der Waals surface area contributed by atoms with E-state index in [0.29, 0.717) is 52.9 Å². The van der Waals surface area contributed by atoms with Crippen molar-refractivity contribution < 1.29 is 14.0 Å². The number of nitrogens with zero attached hydrogens (tertiary/aromatic N) is 1. The Hall–Kier alpha value is -3.24. The lowest BCUT2D eigenvalue weighted by molar-refractivity contribution is -0.124. The van der Waals surface area contributed by atoms with E-state index < -0.39 is 11.9 Å². The van der Waals surface area contributed by atoms with Crippen LogP contribution in [0.15, 0.2) is 36.4 Å². The summed E-state index contributed by atoms with van der Waals surface area (Å²) in [6, 6.07) is 12.0. The van der Waals surface area contributed by atoms with E-state index in [4.69, 9.17) is 0 Å². The normalized spacial score (nSPS) is 31.1. The summed E-state index contributed by atoms with van der Waals surface area (Å²) in [7, 11) is 0. The van der Waals surface area contributed by atoms with Crippen molar-refractivity contribution in [3.8, 4) is 17.2 Å². The van der Waals surface area contributed by atoms with E-state index in [1.165, 1.54) is 6.07 Å². The van der Waals surface area contributed by atoms with E-state index in [1.807, 2.05) is 18.2 Å². The fourth-order valence-corrected chi connectivity index (χ4v) is 6.72. The van der Waals surface area contributed by atoms with Crippen molar-refractivity contribution in [3.63, 3.8) is 0 Å². The molecule has 6 nitrogen and oxygen atoms in total. The van der Waals surface area contributed by atoms with Gasteiger partial charge in [-0.05, 0) is 70.9 Å². The Balaban J connectivity index is 1.14. The lowest BCUT2D eigenvalue weighted by atomic mass is 9.93. The Morgan fingerprint density at radius 3 is 2.79 bits per heavy atom. The number of carbonyl (C=O) groups excluding carboxylic acids is 2. The molecule has 2 amide bonds. The third-order valence-corrected chi connectivity index (χ3v) is 8.42. The van der Waals surface area contributed by atoms with E-state index >= 15 is 0 Å². The number of hydrogen-bond acceptors (Lipinski definition) is 4. The van der Waals surface area contributed by atoms with E-state index in [1.54, 1.807) is 12.1 Å². The minimum atomic E-state index is -0.788. The Labute approximate surface area is 197 Å². The van der Waals surface area contributed by atoms with Gasteiger partial charge < -0.3 is 16.0 Å². The summed E-state index contributed by atoms with van der Waals surface area (Å²) in [5.74, 6) is 1.74. The van der Waals surface area contributed by atoms with Crippen molar-refractivity contribution in [1.29, 1.82) is 5.26 Å². The molecule has 2 aliphatic carbocycles. The molecule has 7 heteroatoms. The summed E-state index contributed by atoms with van der Waals surface area (Å²) in [4.78, 5) is 24.8. The molecule has 174 valence electrons. The number of nitrogens with one attached hydrogen (secondary N) is 3. The molecule has 2 bridgehead atoms. The average Bonchev–Trinajstić information content (AvgIpc) is 3.17. The first-order valence-corrected chi connectivity index (χ1v) is 12.1. The maximum atomic E-state index is 15.0. The van der Waals surface area contributed by atoms with Gasteiger partial charge >= 0.3 is 0 Å². The van der Waals surface area contributed by atoms with Crippen molar-refractivity contribution in [2.75, 3.05) is 6.54 Å². The number of amides is 2. The van der Waals surface area contributed by atoms with E-state index in [0.717, 1.165) is 24.0 Å². The molecule has 1 saturated heterocycles. The molecule has 0 aromatic heterocycles. The molecule has 7 atom stereocenters. The average molecular weight is 459 g/mol. The summed E-state index contributed by atoms with van der Waals surface area (Å²) in [6.07, 6.45) is 1.90. The van der Waals surface area contributed by atoms with Crippen LogP contribution < -0.4 is 16.0 Å². The molecule has 2 aromatic carbocycles. The minimum absolute atomic E-state index is 0.0778.